The number of aryl methyl sites for hydroxylation is 1. The average Bonchev–Trinajstić information content (AvgIpc) is 2.59. The summed E-state index contributed by atoms with van der Waals surface area (Å²) in [5.74, 6) is -0.938. The normalized spacial score (nSPS) is 11.0. The molecule has 0 saturated carbocycles. The highest BCUT2D eigenvalue weighted by Crippen LogP contribution is 2.23. The minimum atomic E-state index is -3.91. The molecule has 0 aliphatic heterocycles. The summed E-state index contributed by atoms with van der Waals surface area (Å²) < 4.78 is 27.7. The second-order valence-corrected chi connectivity index (χ2v) is 8.18. The Morgan fingerprint density at radius 2 is 1.81 bits per heavy atom. The zero-order chi connectivity index (χ0) is 20.2. The Kier molecular flexibility index (Phi) is 6.45. The Morgan fingerprint density at radius 1 is 1.11 bits per heavy atom. The number of sulfonamides is 1. The molecule has 0 aliphatic carbocycles. The molecule has 0 aliphatic rings. The zero-order valence-corrected chi connectivity index (χ0v) is 16.7. The minimum Gasteiger partial charge on any atom is -0.347 e. The highest BCUT2D eigenvalue weighted by Gasteiger charge is 2.19. The van der Waals surface area contributed by atoms with Gasteiger partial charge in [0, 0.05) is 19.8 Å². The molecule has 7 nitrogen and oxygen atoms in total. The van der Waals surface area contributed by atoms with Crippen LogP contribution in [0.2, 0.25) is 5.02 Å². The number of halogens is 1. The Hall–Kier alpha value is -2.58. The van der Waals surface area contributed by atoms with Crippen LogP contribution in [0.15, 0.2) is 47.4 Å². The summed E-state index contributed by atoms with van der Waals surface area (Å²) in [6, 6.07) is 10.7. The maximum Gasteiger partial charge on any atom is 0.261 e. The van der Waals surface area contributed by atoms with Crippen molar-refractivity contribution in [1.82, 2.24) is 10.2 Å². The molecule has 2 rings (SSSR count). The molecule has 0 spiro atoms. The standard InChI is InChI=1S/C18H20ClN3O4S/c1-12-5-4-6-13(9-12)21-27(25,26)14-7-8-16(19)15(10-14)18(24)20-11-17(23)22(2)3/h4-10,21H,11H2,1-3H3,(H,20,24). The van der Waals surface area contributed by atoms with E-state index >= 15 is 0 Å². The van der Waals surface area contributed by atoms with Crippen molar-refractivity contribution in [3.63, 3.8) is 0 Å². The Balaban J connectivity index is 2.25. The van der Waals surface area contributed by atoms with Gasteiger partial charge in [-0.15, -0.1) is 0 Å². The van der Waals surface area contributed by atoms with Gasteiger partial charge < -0.3 is 10.2 Å². The fourth-order valence-electron chi connectivity index (χ4n) is 2.18. The number of benzene rings is 2. The Morgan fingerprint density at radius 3 is 2.44 bits per heavy atom. The summed E-state index contributed by atoms with van der Waals surface area (Å²) in [6.45, 7) is 1.62. The van der Waals surface area contributed by atoms with Crippen LogP contribution in [0.25, 0.3) is 0 Å². The van der Waals surface area contributed by atoms with Crippen LogP contribution in [0.5, 0.6) is 0 Å². The van der Waals surface area contributed by atoms with Crippen molar-refractivity contribution in [2.45, 2.75) is 11.8 Å². The lowest BCUT2D eigenvalue weighted by Gasteiger charge is -2.13. The van der Waals surface area contributed by atoms with Gasteiger partial charge in [-0.05, 0) is 42.8 Å². The molecule has 0 fully saturated rings. The molecule has 0 saturated heterocycles. The summed E-state index contributed by atoms with van der Waals surface area (Å²) in [7, 11) is -0.789. The molecule has 9 heteroatoms. The summed E-state index contributed by atoms with van der Waals surface area (Å²) in [5, 5.41) is 2.51. The largest absolute Gasteiger partial charge is 0.347 e. The maximum absolute atomic E-state index is 12.6. The van der Waals surface area contributed by atoms with Gasteiger partial charge >= 0.3 is 0 Å². The first-order chi connectivity index (χ1) is 12.6. The molecule has 27 heavy (non-hydrogen) atoms. The number of anilines is 1. The fraction of sp³-hybridized carbons (Fsp3) is 0.222. The molecule has 2 aromatic rings. The first-order valence-electron chi connectivity index (χ1n) is 7.97. The molecule has 0 bridgehead atoms. The quantitative estimate of drug-likeness (QED) is 0.764. The lowest BCUT2D eigenvalue weighted by molar-refractivity contribution is -0.127. The summed E-state index contributed by atoms with van der Waals surface area (Å²) in [4.78, 5) is 25.1. The van der Waals surface area contributed by atoms with E-state index in [2.05, 4.69) is 10.0 Å². The SMILES string of the molecule is Cc1cccc(NS(=O)(=O)c2ccc(Cl)c(C(=O)NCC(=O)N(C)C)c2)c1. The highest BCUT2D eigenvalue weighted by molar-refractivity contribution is 7.92. The summed E-state index contributed by atoms with van der Waals surface area (Å²) in [5.41, 5.74) is 1.28. The van der Waals surface area contributed by atoms with E-state index in [1.165, 1.54) is 23.1 Å². The van der Waals surface area contributed by atoms with E-state index in [1.54, 1.807) is 32.3 Å². The second kappa shape index (κ2) is 8.41. The van der Waals surface area contributed by atoms with Crippen molar-refractivity contribution in [2.75, 3.05) is 25.4 Å². The van der Waals surface area contributed by atoms with E-state index in [1.807, 2.05) is 13.0 Å². The van der Waals surface area contributed by atoms with Gasteiger partial charge in [0.05, 0.1) is 22.0 Å². The second-order valence-electron chi connectivity index (χ2n) is 6.09. The number of hydrogen-bond acceptors (Lipinski definition) is 4. The van der Waals surface area contributed by atoms with Gasteiger partial charge in [-0.25, -0.2) is 8.42 Å². The Labute approximate surface area is 163 Å². The number of amides is 2. The van der Waals surface area contributed by atoms with E-state index in [0.29, 0.717) is 5.69 Å². The van der Waals surface area contributed by atoms with Crippen LogP contribution in [0, 0.1) is 6.92 Å². The third-order valence-corrected chi connectivity index (χ3v) is 5.37. The van der Waals surface area contributed by atoms with E-state index in [4.69, 9.17) is 11.6 Å². The van der Waals surface area contributed by atoms with Crippen molar-refractivity contribution in [3.8, 4) is 0 Å². The van der Waals surface area contributed by atoms with E-state index in [0.717, 1.165) is 5.56 Å². The summed E-state index contributed by atoms with van der Waals surface area (Å²) >= 11 is 6.03. The van der Waals surface area contributed by atoms with Gasteiger partial charge in [0.15, 0.2) is 0 Å². The van der Waals surface area contributed by atoms with E-state index in [-0.39, 0.29) is 27.9 Å². The molecule has 0 heterocycles. The van der Waals surface area contributed by atoms with Gasteiger partial charge in [-0.2, -0.15) is 0 Å². The number of rotatable bonds is 6. The molecule has 0 unspecified atom stereocenters. The van der Waals surface area contributed by atoms with E-state index < -0.39 is 15.9 Å². The van der Waals surface area contributed by atoms with Crippen molar-refractivity contribution in [1.29, 1.82) is 0 Å². The number of carbonyl (C=O) groups excluding carboxylic acids is 2. The molecule has 2 amide bonds. The highest BCUT2D eigenvalue weighted by atomic mass is 35.5. The van der Waals surface area contributed by atoms with Gasteiger partial charge in [0.1, 0.15) is 0 Å². The molecule has 0 atom stereocenters. The average molecular weight is 410 g/mol. The van der Waals surface area contributed by atoms with Crippen molar-refractivity contribution >= 4 is 39.1 Å². The number of likely N-dealkylation sites (N-methyl/N-ethyl adjacent to an activating group) is 1. The predicted molar refractivity (Wildman–Crippen MR) is 104 cm³/mol. The first kappa shape index (κ1) is 20.7. The Bertz CT molecular complexity index is 974. The van der Waals surface area contributed by atoms with Crippen molar-refractivity contribution in [3.05, 3.63) is 58.6 Å². The molecule has 144 valence electrons. The molecule has 0 radical (unpaired) electrons. The van der Waals surface area contributed by atoms with Crippen molar-refractivity contribution < 1.29 is 18.0 Å². The third-order valence-electron chi connectivity index (χ3n) is 3.66. The lowest BCUT2D eigenvalue weighted by atomic mass is 10.2. The molecular formula is C18H20ClN3O4S. The smallest absolute Gasteiger partial charge is 0.261 e. The number of hydrogen-bond donors (Lipinski definition) is 2. The topological polar surface area (TPSA) is 95.6 Å². The first-order valence-corrected chi connectivity index (χ1v) is 9.83. The number of nitrogens with one attached hydrogen (secondary N) is 2. The molecule has 0 aromatic heterocycles. The number of nitrogens with zero attached hydrogens (tertiary/aromatic N) is 1. The van der Waals surface area contributed by atoms with Crippen LogP contribution in [-0.4, -0.2) is 45.8 Å². The van der Waals surface area contributed by atoms with Crippen LogP contribution in [0.4, 0.5) is 5.69 Å². The van der Waals surface area contributed by atoms with Gasteiger partial charge in [-0.1, -0.05) is 23.7 Å². The van der Waals surface area contributed by atoms with Crippen LogP contribution in [0.1, 0.15) is 15.9 Å². The van der Waals surface area contributed by atoms with E-state index in [9.17, 15) is 18.0 Å². The number of carbonyl (C=O) groups is 2. The van der Waals surface area contributed by atoms with Crippen LogP contribution in [0.3, 0.4) is 0 Å². The molecular weight excluding hydrogens is 390 g/mol. The van der Waals surface area contributed by atoms with Crippen LogP contribution < -0.4 is 10.0 Å². The van der Waals surface area contributed by atoms with Gasteiger partial charge in [-0.3, -0.25) is 14.3 Å². The maximum atomic E-state index is 12.6. The van der Waals surface area contributed by atoms with Gasteiger partial charge in [0.25, 0.3) is 15.9 Å². The predicted octanol–water partition coefficient (Wildman–Crippen LogP) is 2.27. The fourth-order valence-corrected chi connectivity index (χ4v) is 3.46. The lowest BCUT2D eigenvalue weighted by Crippen LogP contribution is -2.36. The third kappa shape index (κ3) is 5.45. The monoisotopic (exact) mass is 409 g/mol. The van der Waals surface area contributed by atoms with Crippen LogP contribution >= 0.6 is 11.6 Å². The molecule has 2 aromatic carbocycles. The van der Waals surface area contributed by atoms with Crippen molar-refractivity contribution in [2.24, 2.45) is 0 Å². The molecule has 2 N–H and O–H groups in total. The minimum absolute atomic E-state index is 0.0321. The van der Waals surface area contributed by atoms with Gasteiger partial charge in [0.2, 0.25) is 5.91 Å². The van der Waals surface area contributed by atoms with Crippen LogP contribution in [-0.2, 0) is 14.8 Å². The zero-order valence-electron chi connectivity index (χ0n) is 15.1. The summed E-state index contributed by atoms with van der Waals surface area (Å²) in [6.07, 6.45) is 0.